The Morgan fingerprint density at radius 1 is 1.35 bits per heavy atom. The van der Waals surface area contributed by atoms with E-state index in [0.29, 0.717) is 5.69 Å². The molecule has 2 heterocycles. The number of amides is 1. The van der Waals surface area contributed by atoms with E-state index in [2.05, 4.69) is 25.0 Å². The molecule has 0 bridgehead atoms. The number of anilines is 1. The summed E-state index contributed by atoms with van der Waals surface area (Å²) in [6, 6.07) is 1.66. The molecule has 1 amide bonds. The fraction of sp³-hybridized carbons (Fsp3) is 0.333. The highest BCUT2D eigenvalue weighted by Gasteiger charge is 2.29. The van der Waals surface area contributed by atoms with Gasteiger partial charge in [-0.15, -0.1) is 0 Å². The van der Waals surface area contributed by atoms with Gasteiger partial charge in [0, 0.05) is 11.9 Å². The summed E-state index contributed by atoms with van der Waals surface area (Å²) in [5.74, 6) is -2.49. The zero-order valence-electron chi connectivity index (χ0n) is 13.8. The number of pyridine rings is 1. The summed E-state index contributed by atoms with van der Waals surface area (Å²) < 4.78 is 54.4. The SMILES string of the molecule is Cc1cc(C(=O)NC(C)c2cnc(OCC(F)(F)F)c(F)c2)nc(N)n1. The van der Waals surface area contributed by atoms with Gasteiger partial charge >= 0.3 is 6.18 Å². The summed E-state index contributed by atoms with van der Waals surface area (Å²) in [7, 11) is 0. The number of nitrogens with two attached hydrogens (primary N) is 1. The van der Waals surface area contributed by atoms with Gasteiger partial charge in [0.05, 0.1) is 6.04 Å². The molecule has 2 rings (SSSR count). The van der Waals surface area contributed by atoms with E-state index in [1.54, 1.807) is 13.8 Å². The van der Waals surface area contributed by atoms with Crippen molar-refractivity contribution in [3.63, 3.8) is 0 Å². The Bertz CT molecular complexity index is 793. The van der Waals surface area contributed by atoms with Crippen LogP contribution in [0.15, 0.2) is 18.3 Å². The third-order valence-corrected chi connectivity index (χ3v) is 3.15. The summed E-state index contributed by atoms with van der Waals surface area (Å²) in [5.41, 5.74) is 6.23. The second-order valence-electron chi connectivity index (χ2n) is 5.41. The summed E-state index contributed by atoms with van der Waals surface area (Å²) >= 11 is 0. The highest BCUT2D eigenvalue weighted by atomic mass is 19.4. The summed E-state index contributed by atoms with van der Waals surface area (Å²) in [6.45, 7) is 1.52. The highest BCUT2D eigenvalue weighted by Crippen LogP contribution is 2.22. The molecule has 0 saturated carbocycles. The lowest BCUT2D eigenvalue weighted by Crippen LogP contribution is -2.28. The fourth-order valence-corrected chi connectivity index (χ4v) is 2.00. The third-order valence-electron chi connectivity index (χ3n) is 3.15. The van der Waals surface area contributed by atoms with Crippen LogP contribution in [0.2, 0.25) is 0 Å². The molecule has 1 atom stereocenters. The summed E-state index contributed by atoms with van der Waals surface area (Å²) in [6.07, 6.45) is -3.50. The van der Waals surface area contributed by atoms with Gasteiger partial charge in [-0.1, -0.05) is 0 Å². The van der Waals surface area contributed by atoms with Crippen molar-refractivity contribution in [3.05, 3.63) is 41.1 Å². The van der Waals surface area contributed by atoms with Gasteiger partial charge in [-0.25, -0.2) is 19.3 Å². The van der Waals surface area contributed by atoms with Crippen LogP contribution in [0, 0.1) is 12.7 Å². The lowest BCUT2D eigenvalue weighted by atomic mass is 10.1. The lowest BCUT2D eigenvalue weighted by Gasteiger charge is -2.15. The maximum Gasteiger partial charge on any atom is 0.422 e. The van der Waals surface area contributed by atoms with Crippen LogP contribution >= 0.6 is 0 Å². The Kier molecular flexibility index (Phi) is 5.58. The van der Waals surface area contributed by atoms with Crippen molar-refractivity contribution in [2.75, 3.05) is 12.3 Å². The van der Waals surface area contributed by atoms with Gasteiger partial charge in [0.2, 0.25) is 5.95 Å². The minimum atomic E-state index is -4.61. The minimum absolute atomic E-state index is 0.0282. The molecule has 0 aliphatic carbocycles. The van der Waals surface area contributed by atoms with E-state index < -0.39 is 36.4 Å². The van der Waals surface area contributed by atoms with Gasteiger partial charge in [0.1, 0.15) is 5.69 Å². The Morgan fingerprint density at radius 2 is 2.04 bits per heavy atom. The van der Waals surface area contributed by atoms with E-state index in [-0.39, 0.29) is 17.2 Å². The van der Waals surface area contributed by atoms with Crippen molar-refractivity contribution in [2.24, 2.45) is 0 Å². The van der Waals surface area contributed by atoms with E-state index in [1.165, 1.54) is 6.07 Å². The predicted molar refractivity (Wildman–Crippen MR) is 82.8 cm³/mol. The van der Waals surface area contributed by atoms with Crippen molar-refractivity contribution in [1.29, 1.82) is 0 Å². The van der Waals surface area contributed by atoms with Crippen LogP contribution in [-0.4, -0.2) is 33.6 Å². The molecule has 0 saturated heterocycles. The highest BCUT2D eigenvalue weighted by molar-refractivity contribution is 5.92. The number of alkyl halides is 3. The lowest BCUT2D eigenvalue weighted by molar-refractivity contribution is -0.154. The average molecular weight is 373 g/mol. The van der Waals surface area contributed by atoms with Crippen LogP contribution < -0.4 is 15.8 Å². The number of nitrogen functional groups attached to an aromatic ring is 1. The van der Waals surface area contributed by atoms with E-state index >= 15 is 0 Å². The maximum atomic E-state index is 13.8. The van der Waals surface area contributed by atoms with Crippen LogP contribution in [0.4, 0.5) is 23.5 Å². The van der Waals surface area contributed by atoms with Crippen molar-refractivity contribution in [2.45, 2.75) is 26.1 Å². The number of nitrogens with zero attached hydrogens (tertiary/aromatic N) is 3. The smallest absolute Gasteiger partial charge is 0.422 e. The number of aryl methyl sites for hydroxylation is 1. The Balaban J connectivity index is 2.08. The summed E-state index contributed by atoms with van der Waals surface area (Å²) in [4.78, 5) is 23.3. The number of nitrogens with one attached hydrogen (secondary N) is 1. The Labute approximate surface area is 145 Å². The molecule has 140 valence electrons. The van der Waals surface area contributed by atoms with E-state index in [4.69, 9.17) is 5.73 Å². The molecule has 2 aromatic heterocycles. The monoisotopic (exact) mass is 373 g/mol. The quantitative estimate of drug-likeness (QED) is 0.780. The summed E-state index contributed by atoms with van der Waals surface area (Å²) in [5, 5.41) is 2.56. The Hall–Kier alpha value is -2.98. The number of halogens is 4. The molecule has 11 heteroatoms. The first-order valence-corrected chi connectivity index (χ1v) is 7.32. The topological polar surface area (TPSA) is 103 Å². The van der Waals surface area contributed by atoms with Crippen molar-refractivity contribution in [1.82, 2.24) is 20.3 Å². The number of ether oxygens (including phenoxy) is 1. The van der Waals surface area contributed by atoms with E-state index in [1.807, 2.05) is 0 Å². The van der Waals surface area contributed by atoms with Crippen molar-refractivity contribution >= 4 is 11.9 Å². The molecular weight excluding hydrogens is 358 g/mol. The van der Waals surface area contributed by atoms with Crippen LogP contribution in [0.5, 0.6) is 5.88 Å². The normalized spacial score (nSPS) is 12.5. The van der Waals surface area contributed by atoms with Gasteiger partial charge in [-0.2, -0.15) is 13.2 Å². The fourth-order valence-electron chi connectivity index (χ4n) is 2.00. The molecule has 1 unspecified atom stereocenters. The first kappa shape index (κ1) is 19.3. The van der Waals surface area contributed by atoms with Gasteiger partial charge in [0.25, 0.3) is 11.8 Å². The number of hydrogen-bond donors (Lipinski definition) is 2. The number of aromatic nitrogens is 3. The van der Waals surface area contributed by atoms with Gasteiger partial charge < -0.3 is 15.8 Å². The number of carbonyl (C=O) groups excluding carboxylic acids is 1. The maximum absolute atomic E-state index is 13.8. The van der Waals surface area contributed by atoms with Gasteiger partial charge in [-0.05, 0) is 31.5 Å². The molecule has 7 nitrogen and oxygen atoms in total. The molecule has 0 aromatic carbocycles. The van der Waals surface area contributed by atoms with Crippen LogP contribution in [0.1, 0.15) is 34.7 Å². The first-order valence-electron chi connectivity index (χ1n) is 7.32. The van der Waals surface area contributed by atoms with Crippen LogP contribution in [0.3, 0.4) is 0 Å². The standard InChI is InChI=1S/C15H15F4N5O2/c1-7-3-11(24-14(20)22-7)12(25)23-8(2)9-4-10(16)13(21-5-9)26-6-15(17,18)19/h3-5,8H,6H2,1-2H3,(H,23,25)(H2,20,22,24). The zero-order chi connectivity index (χ0) is 19.5. The van der Waals surface area contributed by atoms with Gasteiger partial charge in [0.15, 0.2) is 12.4 Å². The number of hydrogen-bond acceptors (Lipinski definition) is 6. The van der Waals surface area contributed by atoms with Crippen LogP contribution in [-0.2, 0) is 0 Å². The molecule has 0 fully saturated rings. The molecule has 0 spiro atoms. The molecule has 0 aliphatic rings. The molecule has 3 N–H and O–H groups in total. The second-order valence-corrected chi connectivity index (χ2v) is 5.41. The Morgan fingerprint density at radius 3 is 2.62 bits per heavy atom. The van der Waals surface area contributed by atoms with E-state index in [0.717, 1.165) is 12.3 Å². The third kappa shape index (κ3) is 5.26. The predicted octanol–water partition coefficient (Wildman–Crippen LogP) is 2.33. The van der Waals surface area contributed by atoms with Crippen LogP contribution in [0.25, 0.3) is 0 Å². The van der Waals surface area contributed by atoms with Crippen molar-refractivity contribution < 1.29 is 27.1 Å². The number of carbonyl (C=O) groups is 1. The molecular formula is C15H15F4N5O2. The zero-order valence-corrected chi connectivity index (χ0v) is 13.8. The van der Waals surface area contributed by atoms with E-state index in [9.17, 15) is 22.4 Å². The molecule has 0 aliphatic heterocycles. The largest absolute Gasteiger partial charge is 0.466 e. The second kappa shape index (κ2) is 7.50. The number of rotatable bonds is 5. The molecule has 26 heavy (non-hydrogen) atoms. The first-order chi connectivity index (χ1) is 12.0. The molecule has 2 aromatic rings. The van der Waals surface area contributed by atoms with Gasteiger partial charge in [-0.3, -0.25) is 4.79 Å². The van der Waals surface area contributed by atoms with Crippen molar-refractivity contribution in [3.8, 4) is 5.88 Å². The average Bonchev–Trinajstić information content (AvgIpc) is 2.51. The minimum Gasteiger partial charge on any atom is -0.466 e. The molecule has 0 radical (unpaired) electrons.